The van der Waals surface area contributed by atoms with E-state index in [2.05, 4.69) is 25.8 Å². The van der Waals surface area contributed by atoms with Crippen LogP contribution in [0.2, 0.25) is 0 Å². The molecule has 1 saturated heterocycles. The molecular formula is C10H17N. The first kappa shape index (κ1) is 7.35. The fraction of sp³-hybridized carbons (Fsp3) is 0.800. The molecule has 62 valence electrons. The lowest BCUT2D eigenvalue weighted by Crippen LogP contribution is -2.52. The summed E-state index contributed by atoms with van der Waals surface area (Å²) in [6.07, 6.45) is 2.73. The Morgan fingerprint density at radius 3 is 1.91 bits per heavy atom. The van der Waals surface area contributed by atoms with Crippen molar-refractivity contribution < 1.29 is 0 Å². The summed E-state index contributed by atoms with van der Waals surface area (Å²) in [6, 6.07) is 0. The fourth-order valence-electron chi connectivity index (χ4n) is 2.81. The molecule has 0 saturated carbocycles. The van der Waals surface area contributed by atoms with Gasteiger partial charge in [-0.05, 0) is 33.7 Å². The van der Waals surface area contributed by atoms with Gasteiger partial charge in [-0.25, -0.2) is 0 Å². The van der Waals surface area contributed by atoms with Crippen LogP contribution in [0.25, 0.3) is 0 Å². The zero-order chi connectivity index (χ0) is 8.06. The highest BCUT2D eigenvalue weighted by atomic mass is 15.2. The van der Waals surface area contributed by atoms with Crippen molar-refractivity contribution in [2.45, 2.75) is 26.7 Å². The van der Waals surface area contributed by atoms with Crippen molar-refractivity contribution in [1.29, 1.82) is 0 Å². The summed E-state index contributed by atoms with van der Waals surface area (Å²) in [5.41, 5.74) is 3.99. The Balaban J connectivity index is 2.05. The lowest BCUT2D eigenvalue weighted by Gasteiger charge is -2.46. The van der Waals surface area contributed by atoms with Crippen molar-refractivity contribution in [2.75, 3.05) is 20.1 Å². The first-order chi connectivity index (χ1) is 5.11. The Hall–Kier alpha value is -0.300. The number of nitrogens with zero attached hydrogens (tertiary/aromatic N) is 1. The maximum atomic E-state index is 2.42. The van der Waals surface area contributed by atoms with Crippen LogP contribution in [0.5, 0.6) is 0 Å². The molecule has 1 heteroatoms. The number of rotatable bonds is 0. The van der Waals surface area contributed by atoms with Gasteiger partial charge in [0, 0.05) is 18.5 Å². The number of hydrogen-bond donors (Lipinski definition) is 0. The minimum atomic E-state index is 0.683. The summed E-state index contributed by atoms with van der Waals surface area (Å²) in [4.78, 5) is 2.42. The Morgan fingerprint density at radius 2 is 1.55 bits per heavy atom. The molecule has 0 unspecified atom stereocenters. The van der Waals surface area contributed by atoms with Crippen molar-refractivity contribution in [3.63, 3.8) is 0 Å². The molecule has 2 aliphatic rings. The van der Waals surface area contributed by atoms with Crippen LogP contribution in [0.3, 0.4) is 0 Å². The van der Waals surface area contributed by atoms with Gasteiger partial charge in [0.25, 0.3) is 0 Å². The van der Waals surface area contributed by atoms with Crippen LogP contribution in [0.1, 0.15) is 26.7 Å². The topological polar surface area (TPSA) is 3.24 Å². The molecule has 0 bridgehead atoms. The molecule has 0 aromatic heterocycles. The molecule has 1 heterocycles. The van der Waals surface area contributed by atoms with Crippen molar-refractivity contribution in [2.24, 2.45) is 5.41 Å². The summed E-state index contributed by atoms with van der Waals surface area (Å²) in [5, 5.41) is 0. The summed E-state index contributed by atoms with van der Waals surface area (Å²) in [7, 11) is 2.22. The maximum Gasteiger partial charge on any atom is 0.00536 e. The highest BCUT2D eigenvalue weighted by Crippen LogP contribution is 2.47. The molecule has 1 aliphatic carbocycles. The van der Waals surface area contributed by atoms with E-state index in [0.29, 0.717) is 5.41 Å². The van der Waals surface area contributed by atoms with Crippen molar-refractivity contribution >= 4 is 0 Å². The van der Waals surface area contributed by atoms with Crippen LogP contribution >= 0.6 is 0 Å². The molecule has 0 amide bonds. The monoisotopic (exact) mass is 151 g/mol. The predicted octanol–water partition coefficient (Wildman–Crippen LogP) is 2.05. The second-order valence-electron chi connectivity index (χ2n) is 4.59. The normalized spacial score (nSPS) is 29.7. The van der Waals surface area contributed by atoms with Crippen LogP contribution in [0.4, 0.5) is 0 Å². The molecule has 11 heavy (non-hydrogen) atoms. The Bertz CT molecular complexity index is 193. The van der Waals surface area contributed by atoms with Gasteiger partial charge in [-0.1, -0.05) is 11.1 Å². The van der Waals surface area contributed by atoms with Crippen molar-refractivity contribution in [1.82, 2.24) is 4.90 Å². The SMILES string of the molecule is CC1=C(C)CC2(C1)CN(C)C2. The van der Waals surface area contributed by atoms with Gasteiger partial charge >= 0.3 is 0 Å². The van der Waals surface area contributed by atoms with Crippen LogP contribution < -0.4 is 0 Å². The summed E-state index contributed by atoms with van der Waals surface area (Å²) in [5.74, 6) is 0. The minimum absolute atomic E-state index is 0.683. The van der Waals surface area contributed by atoms with E-state index in [-0.39, 0.29) is 0 Å². The average molecular weight is 151 g/mol. The lowest BCUT2D eigenvalue weighted by atomic mass is 9.77. The minimum Gasteiger partial charge on any atom is -0.305 e. The molecule has 1 spiro atoms. The third kappa shape index (κ3) is 1.02. The summed E-state index contributed by atoms with van der Waals surface area (Å²) < 4.78 is 0. The molecule has 0 radical (unpaired) electrons. The van der Waals surface area contributed by atoms with E-state index in [0.717, 1.165) is 0 Å². The summed E-state index contributed by atoms with van der Waals surface area (Å²) in [6.45, 7) is 7.23. The Labute approximate surface area is 69.1 Å². The van der Waals surface area contributed by atoms with E-state index in [9.17, 15) is 0 Å². The first-order valence-electron chi connectivity index (χ1n) is 4.45. The second-order valence-corrected chi connectivity index (χ2v) is 4.59. The highest BCUT2D eigenvalue weighted by molar-refractivity contribution is 5.24. The van der Waals surface area contributed by atoms with Gasteiger partial charge in [-0.2, -0.15) is 0 Å². The highest BCUT2D eigenvalue weighted by Gasteiger charge is 2.44. The quantitative estimate of drug-likeness (QED) is 0.479. The fourth-order valence-corrected chi connectivity index (χ4v) is 2.81. The number of hydrogen-bond acceptors (Lipinski definition) is 1. The van der Waals surface area contributed by atoms with Gasteiger partial charge in [0.05, 0.1) is 0 Å². The number of likely N-dealkylation sites (tertiary alicyclic amines) is 1. The van der Waals surface area contributed by atoms with Gasteiger partial charge in [0.1, 0.15) is 0 Å². The van der Waals surface area contributed by atoms with Gasteiger partial charge < -0.3 is 4.90 Å². The molecule has 0 atom stereocenters. The molecule has 0 N–H and O–H groups in total. The van der Waals surface area contributed by atoms with E-state index >= 15 is 0 Å². The summed E-state index contributed by atoms with van der Waals surface area (Å²) >= 11 is 0. The maximum absolute atomic E-state index is 2.42. The van der Waals surface area contributed by atoms with Crippen LogP contribution in [0, 0.1) is 5.41 Å². The zero-order valence-corrected chi connectivity index (χ0v) is 7.78. The zero-order valence-electron chi connectivity index (χ0n) is 7.78. The molecule has 0 aromatic rings. The lowest BCUT2D eigenvalue weighted by molar-refractivity contribution is 0.0315. The third-order valence-corrected chi connectivity index (χ3v) is 3.22. The number of allylic oxidation sites excluding steroid dienone is 2. The predicted molar refractivity (Wildman–Crippen MR) is 47.5 cm³/mol. The molecule has 1 fully saturated rings. The van der Waals surface area contributed by atoms with Crippen LogP contribution in [0.15, 0.2) is 11.1 Å². The standard InChI is InChI=1S/C10H17N/c1-8-4-10(5-9(8)2)6-11(3)7-10/h4-7H2,1-3H3. The second kappa shape index (κ2) is 2.10. The third-order valence-electron chi connectivity index (χ3n) is 3.22. The van der Waals surface area contributed by atoms with Crippen LogP contribution in [-0.2, 0) is 0 Å². The van der Waals surface area contributed by atoms with Gasteiger partial charge in [-0.15, -0.1) is 0 Å². The van der Waals surface area contributed by atoms with Crippen molar-refractivity contribution in [3.8, 4) is 0 Å². The van der Waals surface area contributed by atoms with E-state index < -0.39 is 0 Å². The van der Waals surface area contributed by atoms with Gasteiger partial charge in [0.15, 0.2) is 0 Å². The Kier molecular flexibility index (Phi) is 1.40. The molecule has 2 rings (SSSR count). The molecule has 1 aliphatic heterocycles. The average Bonchev–Trinajstić information content (AvgIpc) is 2.07. The smallest absolute Gasteiger partial charge is 0.00536 e. The Morgan fingerprint density at radius 1 is 1.09 bits per heavy atom. The van der Waals surface area contributed by atoms with E-state index in [1.165, 1.54) is 25.9 Å². The van der Waals surface area contributed by atoms with E-state index in [4.69, 9.17) is 0 Å². The molecule has 1 nitrogen and oxygen atoms in total. The van der Waals surface area contributed by atoms with E-state index in [1.807, 2.05) is 0 Å². The molecule has 0 aromatic carbocycles. The van der Waals surface area contributed by atoms with Gasteiger partial charge in [-0.3, -0.25) is 0 Å². The van der Waals surface area contributed by atoms with E-state index in [1.54, 1.807) is 11.1 Å². The van der Waals surface area contributed by atoms with Crippen LogP contribution in [-0.4, -0.2) is 25.0 Å². The van der Waals surface area contributed by atoms with Crippen molar-refractivity contribution in [3.05, 3.63) is 11.1 Å². The molecular weight excluding hydrogens is 134 g/mol. The van der Waals surface area contributed by atoms with Gasteiger partial charge in [0.2, 0.25) is 0 Å². The first-order valence-corrected chi connectivity index (χ1v) is 4.45. The largest absolute Gasteiger partial charge is 0.305 e.